The lowest BCUT2D eigenvalue weighted by Crippen LogP contribution is -2.44. The summed E-state index contributed by atoms with van der Waals surface area (Å²) in [7, 11) is -4.59. The van der Waals surface area contributed by atoms with Crippen molar-refractivity contribution in [3.05, 3.63) is 29.8 Å². The Hall–Kier alpha value is -1.45. The first kappa shape index (κ1) is 21.8. The fourth-order valence-corrected chi connectivity index (χ4v) is 5.35. The largest absolute Gasteiger partial charge is 0.352 e. The number of nitrogens with zero attached hydrogens (tertiary/aromatic N) is 1. The Morgan fingerprint density at radius 2 is 1.78 bits per heavy atom. The van der Waals surface area contributed by atoms with Crippen LogP contribution in [0.5, 0.6) is 0 Å². The van der Waals surface area contributed by atoms with E-state index in [1.807, 2.05) is 0 Å². The third-order valence-corrected chi connectivity index (χ3v) is 8.74. The van der Waals surface area contributed by atoms with E-state index >= 15 is 0 Å². The first-order chi connectivity index (χ1) is 12.5. The molecular formula is C18H28N2O5S2. The van der Waals surface area contributed by atoms with Crippen LogP contribution in [0.15, 0.2) is 29.2 Å². The maximum Gasteiger partial charge on any atom is 0.242 e. The van der Waals surface area contributed by atoms with E-state index in [9.17, 15) is 21.6 Å². The van der Waals surface area contributed by atoms with Crippen LogP contribution in [0.4, 0.5) is 0 Å². The number of nitrogens with one attached hydrogen (secondary N) is 1. The molecule has 2 rings (SSSR count). The molecule has 1 saturated carbocycles. The van der Waals surface area contributed by atoms with Gasteiger partial charge in [-0.25, -0.2) is 21.1 Å². The predicted molar refractivity (Wildman–Crippen MR) is 104 cm³/mol. The highest BCUT2D eigenvalue weighted by Crippen LogP contribution is 2.20. The van der Waals surface area contributed by atoms with Gasteiger partial charge in [0.2, 0.25) is 15.9 Å². The number of amides is 1. The normalized spacial score (nSPS) is 17.6. The van der Waals surface area contributed by atoms with E-state index in [2.05, 4.69) is 5.32 Å². The molecule has 1 amide bonds. The number of rotatable bonds is 7. The fraction of sp³-hybridized carbons (Fsp3) is 0.611. The van der Waals surface area contributed by atoms with E-state index in [0.717, 1.165) is 36.4 Å². The quantitative estimate of drug-likeness (QED) is 0.729. The molecule has 0 aromatic heterocycles. The minimum atomic E-state index is -3.77. The van der Waals surface area contributed by atoms with Gasteiger partial charge in [-0.3, -0.25) is 4.79 Å². The van der Waals surface area contributed by atoms with Crippen molar-refractivity contribution in [2.24, 2.45) is 0 Å². The highest BCUT2D eigenvalue weighted by Gasteiger charge is 2.30. The van der Waals surface area contributed by atoms with Gasteiger partial charge in [-0.15, -0.1) is 0 Å². The molecule has 1 aromatic rings. The Kier molecular flexibility index (Phi) is 7.04. The smallest absolute Gasteiger partial charge is 0.242 e. The van der Waals surface area contributed by atoms with Crippen molar-refractivity contribution < 1.29 is 21.6 Å². The SMILES string of the molecule is CC(C(=O)NC1CCCCC1)S(=O)(=O)Cc1cccc(S(=O)(=O)N(C)C)c1. The summed E-state index contributed by atoms with van der Waals surface area (Å²) < 4.78 is 50.8. The molecule has 1 aliphatic carbocycles. The molecule has 1 unspecified atom stereocenters. The van der Waals surface area contributed by atoms with Crippen molar-refractivity contribution in [2.75, 3.05) is 14.1 Å². The summed E-state index contributed by atoms with van der Waals surface area (Å²) in [5.41, 5.74) is 0.343. The molecule has 0 aliphatic heterocycles. The number of carbonyl (C=O) groups is 1. The van der Waals surface area contributed by atoms with Crippen molar-refractivity contribution in [2.45, 2.75) is 61.0 Å². The van der Waals surface area contributed by atoms with Crippen LogP contribution in [-0.4, -0.2) is 52.4 Å². The third-order valence-electron chi connectivity index (χ3n) is 4.90. The molecule has 0 radical (unpaired) electrons. The second kappa shape index (κ2) is 8.70. The molecule has 0 spiro atoms. The number of hydrogen-bond acceptors (Lipinski definition) is 5. The zero-order valence-electron chi connectivity index (χ0n) is 16.0. The number of carbonyl (C=O) groups excluding carboxylic acids is 1. The van der Waals surface area contributed by atoms with Crippen LogP contribution >= 0.6 is 0 Å². The third kappa shape index (κ3) is 5.52. The summed E-state index contributed by atoms with van der Waals surface area (Å²) in [6.07, 6.45) is 4.98. The molecule has 0 bridgehead atoms. The van der Waals surface area contributed by atoms with Crippen LogP contribution in [0, 0.1) is 0 Å². The second-order valence-electron chi connectivity index (χ2n) is 7.23. The lowest BCUT2D eigenvalue weighted by atomic mass is 9.95. The van der Waals surface area contributed by atoms with Crippen LogP contribution in [0.25, 0.3) is 0 Å². The van der Waals surface area contributed by atoms with Gasteiger partial charge in [0, 0.05) is 20.1 Å². The van der Waals surface area contributed by atoms with Gasteiger partial charge in [-0.1, -0.05) is 31.4 Å². The average molecular weight is 417 g/mol. The minimum absolute atomic E-state index is 0.0273. The van der Waals surface area contributed by atoms with Crippen LogP contribution in [0.2, 0.25) is 0 Å². The van der Waals surface area contributed by atoms with Gasteiger partial charge in [0.05, 0.1) is 10.6 Å². The van der Waals surface area contributed by atoms with Crippen molar-refractivity contribution in [3.8, 4) is 0 Å². The number of hydrogen-bond donors (Lipinski definition) is 1. The average Bonchev–Trinajstić information content (AvgIpc) is 2.61. The highest BCUT2D eigenvalue weighted by molar-refractivity contribution is 7.92. The van der Waals surface area contributed by atoms with E-state index in [4.69, 9.17) is 0 Å². The molecule has 27 heavy (non-hydrogen) atoms. The minimum Gasteiger partial charge on any atom is -0.352 e. The van der Waals surface area contributed by atoms with E-state index in [1.54, 1.807) is 6.07 Å². The van der Waals surface area contributed by atoms with Crippen LogP contribution < -0.4 is 5.32 Å². The van der Waals surface area contributed by atoms with Gasteiger partial charge < -0.3 is 5.32 Å². The molecule has 1 N–H and O–H groups in total. The molecule has 7 nitrogen and oxygen atoms in total. The monoisotopic (exact) mass is 416 g/mol. The maximum absolute atomic E-state index is 12.7. The summed E-state index contributed by atoms with van der Waals surface area (Å²) in [6, 6.07) is 5.87. The van der Waals surface area contributed by atoms with Crippen molar-refractivity contribution in [3.63, 3.8) is 0 Å². The summed E-state index contributed by atoms with van der Waals surface area (Å²) >= 11 is 0. The Balaban J connectivity index is 2.12. The lowest BCUT2D eigenvalue weighted by Gasteiger charge is -2.24. The zero-order chi connectivity index (χ0) is 20.2. The Morgan fingerprint density at radius 3 is 2.37 bits per heavy atom. The fourth-order valence-electron chi connectivity index (χ4n) is 3.09. The van der Waals surface area contributed by atoms with Gasteiger partial charge in [0.1, 0.15) is 5.25 Å². The van der Waals surface area contributed by atoms with E-state index in [1.165, 1.54) is 39.2 Å². The topological polar surface area (TPSA) is 101 Å². The standard InChI is InChI=1S/C18H28N2O5S2/c1-14(18(21)19-16-9-5-4-6-10-16)26(22,23)13-15-8-7-11-17(12-15)27(24,25)20(2)3/h7-8,11-12,14,16H,4-6,9-10,13H2,1-3H3,(H,19,21). The van der Waals surface area contributed by atoms with Crippen LogP contribution in [0.1, 0.15) is 44.6 Å². The number of benzene rings is 1. The molecular weight excluding hydrogens is 388 g/mol. The second-order valence-corrected chi connectivity index (χ2v) is 11.7. The van der Waals surface area contributed by atoms with Gasteiger partial charge >= 0.3 is 0 Å². The first-order valence-electron chi connectivity index (χ1n) is 9.07. The molecule has 1 fully saturated rings. The molecule has 0 heterocycles. The van der Waals surface area contributed by atoms with Crippen molar-refractivity contribution in [1.29, 1.82) is 0 Å². The zero-order valence-corrected chi connectivity index (χ0v) is 17.6. The molecule has 152 valence electrons. The number of sulfone groups is 1. The van der Waals surface area contributed by atoms with E-state index < -0.39 is 31.0 Å². The lowest BCUT2D eigenvalue weighted by molar-refractivity contribution is -0.121. The van der Waals surface area contributed by atoms with Gasteiger partial charge in [-0.2, -0.15) is 0 Å². The number of sulfonamides is 1. The van der Waals surface area contributed by atoms with Crippen molar-refractivity contribution in [1.82, 2.24) is 9.62 Å². The molecule has 1 aliphatic rings. The van der Waals surface area contributed by atoms with Gasteiger partial charge in [0.15, 0.2) is 9.84 Å². The Morgan fingerprint density at radius 1 is 1.15 bits per heavy atom. The highest BCUT2D eigenvalue weighted by atomic mass is 32.2. The van der Waals surface area contributed by atoms with Gasteiger partial charge in [-0.05, 0) is 37.5 Å². The predicted octanol–water partition coefficient (Wildman–Crippen LogP) is 1.69. The van der Waals surface area contributed by atoms with E-state index in [-0.39, 0.29) is 16.7 Å². The van der Waals surface area contributed by atoms with Crippen LogP contribution in [0.3, 0.4) is 0 Å². The maximum atomic E-state index is 12.7. The molecule has 1 aromatic carbocycles. The first-order valence-corrected chi connectivity index (χ1v) is 12.2. The summed E-state index contributed by atoms with van der Waals surface area (Å²) in [6.45, 7) is 1.38. The summed E-state index contributed by atoms with van der Waals surface area (Å²) in [5.74, 6) is -0.873. The molecule has 0 saturated heterocycles. The van der Waals surface area contributed by atoms with Crippen LogP contribution in [-0.2, 0) is 30.4 Å². The summed E-state index contributed by atoms with van der Waals surface area (Å²) in [4.78, 5) is 12.4. The summed E-state index contributed by atoms with van der Waals surface area (Å²) in [5, 5.41) is 1.65. The Bertz CT molecular complexity index is 873. The molecule has 9 heteroatoms. The van der Waals surface area contributed by atoms with E-state index in [0.29, 0.717) is 5.56 Å². The van der Waals surface area contributed by atoms with Gasteiger partial charge in [0.25, 0.3) is 0 Å². The van der Waals surface area contributed by atoms with Crippen molar-refractivity contribution >= 4 is 25.8 Å². The Labute approximate surface area is 162 Å². The molecule has 1 atom stereocenters.